The fourth-order valence-corrected chi connectivity index (χ4v) is 2.63. The predicted octanol–water partition coefficient (Wildman–Crippen LogP) is 0.720. The van der Waals surface area contributed by atoms with Crippen LogP contribution in [0.15, 0.2) is 29.4 Å². The number of halogens is 1. The number of nitrogens with zero attached hydrogens (tertiary/aromatic N) is 2. The highest BCUT2D eigenvalue weighted by Gasteiger charge is 2.55. The van der Waals surface area contributed by atoms with Gasteiger partial charge in [0.2, 0.25) is 5.91 Å². The van der Waals surface area contributed by atoms with Crippen LogP contribution in [0.2, 0.25) is 5.02 Å². The first-order valence-electron chi connectivity index (χ1n) is 6.68. The van der Waals surface area contributed by atoms with Crippen molar-refractivity contribution in [2.75, 3.05) is 11.5 Å². The summed E-state index contributed by atoms with van der Waals surface area (Å²) >= 11 is 5.81. The molecule has 8 heteroatoms. The van der Waals surface area contributed by atoms with Gasteiger partial charge in [-0.25, -0.2) is 9.69 Å². The Hall–Kier alpha value is -2.41. The Labute approximate surface area is 130 Å². The lowest BCUT2D eigenvalue weighted by atomic mass is 9.99. The SMILES string of the molecule is CCOC(=O)C1=NN[C@@H]2C(=O)N(c3ccc(Cl)cc3)C(=O)[C@H]12. The Bertz CT molecular complexity index is 686. The van der Waals surface area contributed by atoms with Gasteiger partial charge in [-0.1, -0.05) is 11.6 Å². The summed E-state index contributed by atoms with van der Waals surface area (Å²) in [5.74, 6) is -2.61. The van der Waals surface area contributed by atoms with Gasteiger partial charge in [0, 0.05) is 5.02 Å². The molecule has 0 aliphatic carbocycles. The van der Waals surface area contributed by atoms with Gasteiger partial charge in [-0.05, 0) is 31.2 Å². The number of esters is 1. The Kier molecular flexibility index (Phi) is 3.58. The third-order valence-electron chi connectivity index (χ3n) is 3.49. The normalized spacial score (nSPS) is 23.2. The highest BCUT2D eigenvalue weighted by Crippen LogP contribution is 2.31. The van der Waals surface area contributed by atoms with Crippen molar-refractivity contribution in [1.29, 1.82) is 0 Å². The summed E-state index contributed by atoms with van der Waals surface area (Å²) in [7, 11) is 0. The van der Waals surface area contributed by atoms with E-state index in [0.29, 0.717) is 10.7 Å². The van der Waals surface area contributed by atoms with E-state index in [9.17, 15) is 14.4 Å². The molecule has 0 aromatic heterocycles. The van der Waals surface area contributed by atoms with Gasteiger partial charge in [-0.15, -0.1) is 0 Å². The van der Waals surface area contributed by atoms with Crippen LogP contribution in [0, 0.1) is 5.92 Å². The highest BCUT2D eigenvalue weighted by atomic mass is 35.5. The van der Waals surface area contributed by atoms with Crippen LogP contribution in [0.5, 0.6) is 0 Å². The minimum Gasteiger partial charge on any atom is -0.461 e. The molecule has 0 unspecified atom stereocenters. The number of fused-ring (bicyclic) bond motifs is 1. The third-order valence-corrected chi connectivity index (χ3v) is 3.75. The van der Waals surface area contributed by atoms with E-state index in [1.807, 2.05) is 0 Å². The minimum absolute atomic E-state index is 0.0679. The number of nitrogens with one attached hydrogen (secondary N) is 1. The topological polar surface area (TPSA) is 88.1 Å². The summed E-state index contributed by atoms with van der Waals surface area (Å²) in [6.07, 6.45) is 0. The van der Waals surface area contributed by atoms with E-state index in [1.165, 1.54) is 0 Å². The number of hydrogen-bond acceptors (Lipinski definition) is 6. The number of carbonyl (C=O) groups is 3. The predicted molar refractivity (Wildman–Crippen MR) is 78.4 cm³/mol. The molecule has 3 rings (SSSR count). The number of benzene rings is 1. The summed E-state index contributed by atoms with van der Waals surface area (Å²) < 4.78 is 4.87. The lowest BCUT2D eigenvalue weighted by Crippen LogP contribution is -2.36. The fraction of sp³-hybridized carbons (Fsp3) is 0.286. The van der Waals surface area contributed by atoms with Crippen LogP contribution in [-0.2, 0) is 19.1 Å². The zero-order chi connectivity index (χ0) is 15.9. The summed E-state index contributed by atoms with van der Waals surface area (Å²) in [4.78, 5) is 37.8. The van der Waals surface area contributed by atoms with E-state index in [0.717, 1.165) is 4.90 Å². The number of carbonyl (C=O) groups excluding carboxylic acids is 3. The van der Waals surface area contributed by atoms with E-state index in [4.69, 9.17) is 16.3 Å². The maximum atomic E-state index is 12.5. The van der Waals surface area contributed by atoms with Crippen LogP contribution in [0.4, 0.5) is 5.69 Å². The Morgan fingerprint density at radius 2 is 2.00 bits per heavy atom. The van der Waals surface area contributed by atoms with Crippen molar-refractivity contribution in [3.63, 3.8) is 0 Å². The van der Waals surface area contributed by atoms with Gasteiger partial charge in [-0.2, -0.15) is 5.10 Å². The molecule has 0 spiro atoms. The van der Waals surface area contributed by atoms with Gasteiger partial charge in [0.15, 0.2) is 5.71 Å². The molecule has 2 atom stereocenters. The molecule has 1 saturated heterocycles. The molecule has 22 heavy (non-hydrogen) atoms. The standard InChI is InChI=1S/C14H12ClN3O4/c1-2-22-14(21)11-9-10(16-17-11)13(20)18(12(9)19)8-5-3-7(15)4-6-8/h3-6,9-10,16H,2H2,1H3/t9-,10-/m0/s1. The average Bonchev–Trinajstić information content (AvgIpc) is 3.03. The second-order valence-electron chi connectivity index (χ2n) is 4.79. The number of hydrogen-bond donors (Lipinski definition) is 1. The maximum absolute atomic E-state index is 12.5. The van der Waals surface area contributed by atoms with E-state index < -0.39 is 29.7 Å². The van der Waals surface area contributed by atoms with Crippen LogP contribution >= 0.6 is 11.6 Å². The summed E-state index contributed by atoms with van der Waals surface area (Å²) in [5.41, 5.74) is 2.88. The van der Waals surface area contributed by atoms with Gasteiger partial charge in [-0.3, -0.25) is 15.0 Å². The maximum Gasteiger partial charge on any atom is 0.355 e. The molecule has 1 N–H and O–H groups in total. The number of rotatable bonds is 3. The number of imide groups is 1. The van der Waals surface area contributed by atoms with Gasteiger partial charge < -0.3 is 4.74 Å². The van der Waals surface area contributed by atoms with Crippen LogP contribution in [0.1, 0.15) is 6.92 Å². The highest BCUT2D eigenvalue weighted by molar-refractivity contribution is 6.46. The van der Waals surface area contributed by atoms with E-state index >= 15 is 0 Å². The molecule has 2 aliphatic heterocycles. The summed E-state index contributed by atoms with van der Waals surface area (Å²) in [6, 6.07) is 5.43. The smallest absolute Gasteiger partial charge is 0.355 e. The fourth-order valence-electron chi connectivity index (χ4n) is 2.51. The number of amides is 2. The molecule has 2 amide bonds. The zero-order valence-electron chi connectivity index (χ0n) is 11.6. The van der Waals surface area contributed by atoms with Gasteiger partial charge in [0.05, 0.1) is 12.3 Å². The summed E-state index contributed by atoms with van der Waals surface area (Å²) in [5, 5.41) is 4.28. The molecule has 114 valence electrons. The first kappa shape index (κ1) is 14.5. The van der Waals surface area contributed by atoms with Crippen LogP contribution < -0.4 is 10.3 Å². The molecular formula is C14H12ClN3O4. The molecule has 1 aromatic rings. The zero-order valence-corrected chi connectivity index (χ0v) is 12.3. The largest absolute Gasteiger partial charge is 0.461 e. The second-order valence-corrected chi connectivity index (χ2v) is 5.23. The molecule has 2 aliphatic rings. The van der Waals surface area contributed by atoms with Crippen molar-refractivity contribution in [2.45, 2.75) is 13.0 Å². The van der Waals surface area contributed by atoms with Crippen LogP contribution in [0.25, 0.3) is 0 Å². The van der Waals surface area contributed by atoms with Crippen molar-refractivity contribution < 1.29 is 19.1 Å². The van der Waals surface area contributed by atoms with Gasteiger partial charge in [0.25, 0.3) is 5.91 Å². The summed E-state index contributed by atoms with van der Waals surface area (Å²) in [6.45, 7) is 1.82. The van der Waals surface area contributed by atoms with Crippen molar-refractivity contribution in [3.8, 4) is 0 Å². The molecular weight excluding hydrogens is 310 g/mol. The number of ether oxygens (including phenoxy) is 1. The van der Waals surface area contributed by atoms with Gasteiger partial charge in [0.1, 0.15) is 12.0 Å². The first-order chi connectivity index (χ1) is 10.5. The van der Waals surface area contributed by atoms with Crippen molar-refractivity contribution in [1.82, 2.24) is 5.43 Å². The Morgan fingerprint density at radius 1 is 1.32 bits per heavy atom. The van der Waals surface area contributed by atoms with Crippen molar-refractivity contribution >= 4 is 40.8 Å². The Morgan fingerprint density at radius 3 is 2.64 bits per heavy atom. The monoisotopic (exact) mass is 321 g/mol. The molecule has 2 heterocycles. The quantitative estimate of drug-likeness (QED) is 0.654. The molecule has 7 nitrogen and oxygen atoms in total. The van der Waals surface area contributed by atoms with E-state index in [2.05, 4.69) is 10.5 Å². The molecule has 0 bridgehead atoms. The molecule has 0 radical (unpaired) electrons. The molecule has 1 aromatic carbocycles. The van der Waals surface area contributed by atoms with Crippen LogP contribution in [-0.4, -0.2) is 36.1 Å². The van der Waals surface area contributed by atoms with Crippen molar-refractivity contribution in [2.24, 2.45) is 11.0 Å². The van der Waals surface area contributed by atoms with E-state index in [-0.39, 0.29) is 12.3 Å². The van der Waals surface area contributed by atoms with E-state index in [1.54, 1.807) is 31.2 Å². The first-order valence-corrected chi connectivity index (χ1v) is 7.06. The molecule has 1 fully saturated rings. The lowest BCUT2D eigenvalue weighted by Gasteiger charge is -2.15. The number of anilines is 1. The minimum atomic E-state index is -0.956. The van der Waals surface area contributed by atoms with Crippen molar-refractivity contribution in [3.05, 3.63) is 29.3 Å². The lowest BCUT2D eigenvalue weighted by molar-refractivity contribution is -0.136. The van der Waals surface area contributed by atoms with Gasteiger partial charge >= 0.3 is 5.97 Å². The molecule has 0 saturated carbocycles. The second kappa shape index (κ2) is 5.42. The Balaban J connectivity index is 1.91. The number of hydrazone groups is 1. The third kappa shape index (κ3) is 2.14. The van der Waals surface area contributed by atoms with Crippen LogP contribution in [0.3, 0.4) is 0 Å². The average molecular weight is 322 g/mol.